The van der Waals surface area contributed by atoms with E-state index in [1.807, 2.05) is 26.8 Å². The van der Waals surface area contributed by atoms with Crippen LogP contribution >= 0.6 is 11.6 Å². The highest BCUT2D eigenvalue weighted by molar-refractivity contribution is 7.89. The number of nitrogens with zero attached hydrogens (tertiary/aromatic N) is 1. The molecule has 1 rings (SSSR count). The molecule has 0 aliphatic carbocycles. The second kappa shape index (κ2) is 8.13. The van der Waals surface area contributed by atoms with Gasteiger partial charge in [-0.2, -0.15) is 4.31 Å². The van der Waals surface area contributed by atoms with Gasteiger partial charge in [0.2, 0.25) is 10.0 Å². The SMILES string of the molecule is CCCNCc1cc(Cl)cc(S(=O)(=O)N(CC)CC)c1C. The molecule has 0 aliphatic heterocycles. The minimum absolute atomic E-state index is 0.312. The fourth-order valence-corrected chi connectivity index (χ4v) is 4.32. The zero-order chi connectivity index (χ0) is 16.0. The van der Waals surface area contributed by atoms with E-state index >= 15 is 0 Å². The molecule has 0 fully saturated rings. The van der Waals surface area contributed by atoms with E-state index in [2.05, 4.69) is 12.2 Å². The lowest BCUT2D eigenvalue weighted by molar-refractivity contribution is 0.444. The normalized spacial score (nSPS) is 12.1. The molecule has 0 saturated heterocycles. The Balaban J connectivity index is 3.24. The van der Waals surface area contributed by atoms with Crippen molar-refractivity contribution in [1.82, 2.24) is 9.62 Å². The van der Waals surface area contributed by atoms with Gasteiger partial charge >= 0.3 is 0 Å². The monoisotopic (exact) mass is 332 g/mol. The predicted octanol–water partition coefficient (Wildman–Crippen LogP) is 3.18. The summed E-state index contributed by atoms with van der Waals surface area (Å²) in [6, 6.07) is 3.38. The molecule has 0 aromatic heterocycles. The van der Waals surface area contributed by atoms with Crippen LogP contribution in [0, 0.1) is 6.92 Å². The molecule has 0 bridgehead atoms. The molecule has 0 radical (unpaired) electrons. The van der Waals surface area contributed by atoms with Crippen LogP contribution in [0.15, 0.2) is 17.0 Å². The van der Waals surface area contributed by atoms with Crippen LogP contribution in [0.1, 0.15) is 38.3 Å². The third-order valence-electron chi connectivity index (χ3n) is 3.50. The van der Waals surface area contributed by atoms with Crippen LogP contribution in [-0.4, -0.2) is 32.4 Å². The van der Waals surface area contributed by atoms with E-state index in [0.29, 0.717) is 29.6 Å². The topological polar surface area (TPSA) is 49.4 Å². The molecular formula is C15H25ClN2O2S. The Labute approximate surface area is 133 Å². The first kappa shape index (κ1) is 18.4. The summed E-state index contributed by atoms with van der Waals surface area (Å²) in [6.07, 6.45) is 1.03. The van der Waals surface area contributed by atoms with Crippen LogP contribution in [0.3, 0.4) is 0 Å². The van der Waals surface area contributed by atoms with Crippen molar-refractivity contribution in [3.8, 4) is 0 Å². The lowest BCUT2D eigenvalue weighted by Gasteiger charge is -2.21. The van der Waals surface area contributed by atoms with Crippen molar-refractivity contribution in [1.29, 1.82) is 0 Å². The second-order valence-corrected chi connectivity index (χ2v) is 7.30. The summed E-state index contributed by atoms with van der Waals surface area (Å²) in [5, 5.41) is 3.75. The fraction of sp³-hybridized carbons (Fsp3) is 0.600. The average Bonchev–Trinajstić information content (AvgIpc) is 2.43. The molecule has 4 nitrogen and oxygen atoms in total. The fourth-order valence-electron chi connectivity index (χ4n) is 2.26. The Morgan fingerprint density at radius 2 is 1.81 bits per heavy atom. The molecule has 0 spiro atoms. The number of benzene rings is 1. The number of sulfonamides is 1. The summed E-state index contributed by atoms with van der Waals surface area (Å²) in [5.74, 6) is 0. The highest BCUT2D eigenvalue weighted by Crippen LogP contribution is 2.27. The zero-order valence-corrected chi connectivity index (χ0v) is 14.8. The van der Waals surface area contributed by atoms with Gasteiger partial charge in [-0.25, -0.2) is 8.42 Å². The lowest BCUT2D eigenvalue weighted by atomic mass is 10.1. The van der Waals surface area contributed by atoms with E-state index < -0.39 is 10.0 Å². The number of halogens is 1. The Morgan fingerprint density at radius 1 is 1.19 bits per heavy atom. The van der Waals surface area contributed by atoms with Crippen LogP contribution in [0.25, 0.3) is 0 Å². The van der Waals surface area contributed by atoms with Crippen LogP contribution in [0.5, 0.6) is 0 Å². The van der Waals surface area contributed by atoms with E-state index in [0.717, 1.165) is 24.1 Å². The molecule has 0 atom stereocenters. The number of hydrogen-bond acceptors (Lipinski definition) is 3. The minimum atomic E-state index is -3.49. The summed E-state index contributed by atoms with van der Waals surface area (Å²) in [5.41, 5.74) is 1.71. The number of hydrogen-bond donors (Lipinski definition) is 1. The van der Waals surface area contributed by atoms with Gasteiger partial charge in [-0.1, -0.05) is 32.4 Å². The first-order valence-electron chi connectivity index (χ1n) is 7.38. The van der Waals surface area contributed by atoms with Crippen molar-refractivity contribution in [3.63, 3.8) is 0 Å². The van der Waals surface area contributed by atoms with E-state index in [9.17, 15) is 8.42 Å². The third-order valence-corrected chi connectivity index (χ3v) is 5.89. The maximum Gasteiger partial charge on any atom is 0.243 e. The molecule has 1 aromatic carbocycles. The average molecular weight is 333 g/mol. The maximum absolute atomic E-state index is 12.7. The Morgan fingerprint density at radius 3 is 2.33 bits per heavy atom. The largest absolute Gasteiger partial charge is 0.313 e. The van der Waals surface area contributed by atoms with E-state index in [1.54, 1.807) is 6.07 Å². The standard InChI is InChI=1S/C15H25ClN2O2S/c1-5-8-17-11-13-9-14(16)10-15(12(13)4)21(19,20)18(6-2)7-3/h9-10,17H,5-8,11H2,1-4H3. The van der Waals surface area contributed by atoms with E-state index in [1.165, 1.54) is 4.31 Å². The summed E-state index contributed by atoms with van der Waals surface area (Å²) < 4.78 is 26.8. The van der Waals surface area contributed by atoms with Crippen molar-refractivity contribution >= 4 is 21.6 Å². The third kappa shape index (κ3) is 4.42. The minimum Gasteiger partial charge on any atom is -0.313 e. The molecule has 1 N–H and O–H groups in total. The quantitative estimate of drug-likeness (QED) is 0.744. The molecule has 0 unspecified atom stereocenters. The lowest BCUT2D eigenvalue weighted by Crippen LogP contribution is -2.31. The first-order valence-corrected chi connectivity index (χ1v) is 9.20. The highest BCUT2D eigenvalue weighted by Gasteiger charge is 2.25. The van der Waals surface area contributed by atoms with E-state index in [4.69, 9.17) is 11.6 Å². The molecule has 0 amide bonds. The van der Waals surface area contributed by atoms with Crippen LogP contribution < -0.4 is 5.32 Å². The predicted molar refractivity (Wildman–Crippen MR) is 88.3 cm³/mol. The van der Waals surface area contributed by atoms with Crippen LogP contribution in [0.4, 0.5) is 0 Å². The molecule has 0 heterocycles. The summed E-state index contributed by atoms with van der Waals surface area (Å²) in [6.45, 7) is 10.0. The van der Waals surface area contributed by atoms with Crippen molar-refractivity contribution < 1.29 is 8.42 Å². The molecule has 0 aliphatic rings. The van der Waals surface area contributed by atoms with Gasteiger partial charge < -0.3 is 5.32 Å². The molecule has 120 valence electrons. The van der Waals surface area contributed by atoms with Gasteiger partial charge in [0.05, 0.1) is 4.90 Å². The molecule has 1 aromatic rings. The van der Waals surface area contributed by atoms with Crippen molar-refractivity contribution in [2.24, 2.45) is 0 Å². The molecule has 0 saturated carbocycles. The molecule has 6 heteroatoms. The molecule has 21 heavy (non-hydrogen) atoms. The van der Waals surface area contributed by atoms with Gasteiger partial charge in [0, 0.05) is 24.7 Å². The summed E-state index contributed by atoms with van der Waals surface area (Å²) in [4.78, 5) is 0.312. The Bertz CT molecular complexity index is 569. The Kier molecular flexibility index (Phi) is 7.13. The van der Waals surface area contributed by atoms with Gasteiger partial charge in [-0.3, -0.25) is 0 Å². The number of nitrogens with one attached hydrogen (secondary N) is 1. The van der Waals surface area contributed by atoms with E-state index in [-0.39, 0.29) is 0 Å². The van der Waals surface area contributed by atoms with Crippen molar-refractivity contribution in [2.45, 2.75) is 45.6 Å². The summed E-state index contributed by atoms with van der Waals surface area (Å²) >= 11 is 6.12. The van der Waals surface area contributed by atoms with Crippen LogP contribution in [0.2, 0.25) is 5.02 Å². The van der Waals surface area contributed by atoms with Crippen molar-refractivity contribution in [3.05, 3.63) is 28.3 Å². The first-order chi connectivity index (χ1) is 9.88. The van der Waals surface area contributed by atoms with Gasteiger partial charge in [0.1, 0.15) is 0 Å². The zero-order valence-electron chi connectivity index (χ0n) is 13.2. The van der Waals surface area contributed by atoms with Gasteiger partial charge in [-0.05, 0) is 43.1 Å². The second-order valence-electron chi connectivity index (χ2n) is 4.95. The van der Waals surface area contributed by atoms with Gasteiger partial charge in [-0.15, -0.1) is 0 Å². The smallest absolute Gasteiger partial charge is 0.243 e. The molecular weight excluding hydrogens is 308 g/mol. The van der Waals surface area contributed by atoms with Gasteiger partial charge in [0.25, 0.3) is 0 Å². The highest BCUT2D eigenvalue weighted by atomic mass is 35.5. The Hall–Kier alpha value is -0.620. The summed E-state index contributed by atoms with van der Waals surface area (Å²) in [7, 11) is -3.49. The van der Waals surface area contributed by atoms with Crippen LogP contribution in [-0.2, 0) is 16.6 Å². The van der Waals surface area contributed by atoms with Crippen molar-refractivity contribution in [2.75, 3.05) is 19.6 Å². The number of rotatable bonds is 8. The van der Waals surface area contributed by atoms with Gasteiger partial charge in [0.15, 0.2) is 0 Å². The maximum atomic E-state index is 12.7.